The monoisotopic (exact) mass is 441 g/mol. The highest BCUT2D eigenvalue weighted by atomic mass is 16.6. The van der Waals surface area contributed by atoms with Crippen LogP contribution in [0, 0.1) is 11.8 Å². The summed E-state index contributed by atoms with van der Waals surface area (Å²) in [6.45, 7) is 6.80. The van der Waals surface area contributed by atoms with E-state index in [0.717, 1.165) is 11.1 Å². The first-order chi connectivity index (χ1) is 15.2. The van der Waals surface area contributed by atoms with Gasteiger partial charge in [0.05, 0.1) is 17.4 Å². The Kier molecular flexibility index (Phi) is 7.25. The highest BCUT2D eigenvalue weighted by Crippen LogP contribution is 2.41. The van der Waals surface area contributed by atoms with Crippen molar-refractivity contribution in [1.29, 1.82) is 0 Å². The number of pyridine rings is 1. The molecule has 1 aromatic carbocycles. The van der Waals surface area contributed by atoms with Crippen LogP contribution in [0.1, 0.15) is 49.7 Å². The van der Waals surface area contributed by atoms with Crippen LogP contribution >= 0.6 is 0 Å². The predicted octanol–water partition coefficient (Wildman–Crippen LogP) is 3.65. The third-order valence-electron chi connectivity index (χ3n) is 5.83. The van der Waals surface area contributed by atoms with E-state index in [4.69, 9.17) is 19.3 Å². The number of esters is 2. The van der Waals surface area contributed by atoms with Gasteiger partial charge in [-0.1, -0.05) is 32.0 Å². The molecule has 3 rings (SSSR count). The van der Waals surface area contributed by atoms with Crippen LogP contribution in [0.3, 0.4) is 0 Å². The van der Waals surface area contributed by atoms with Gasteiger partial charge in [-0.05, 0) is 29.7 Å². The summed E-state index contributed by atoms with van der Waals surface area (Å²) in [5.41, 5.74) is 2.26. The van der Waals surface area contributed by atoms with Gasteiger partial charge in [-0.25, -0.2) is 4.79 Å². The number of nitrogens with zero attached hydrogens (tertiary/aromatic N) is 1. The average molecular weight is 441 g/mol. The summed E-state index contributed by atoms with van der Waals surface area (Å²) < 4.78 is 17.2. The van der Waals surface area contributed by atoms with E-state index < -0.39 is 24.1 Å². The molecule has 0 saturated carbocycles. The third kappa shape index (κ3) is 5.31. The molecule has 32 heavy (non-hydrogen) atoms. The standard InChI is InChI=1S/C24H27NO7/c1-13-14(2)22(31-16(4)27)23(32-21(13)12-30-15(3)26)18-7-5-6-17(10-18)20-9-8-19(11-25-20)24(28)29/h5-11,13-14,21-23H,12H2,1-4H3,(H,28,29)/t13-,14-,21+,22-,23+/m0/s1. The van der Waals surface area contributed by atoms with Crippen LogP contribution in [0.15, 0.2) is 42.6 Å². The molecule has 1 saturated heterocycles. The molecule has 1 fully saturated rings. The fourth-order valence-corrected chi connectivity index (χ4v) is 3.89. The van der Waals surface area contributed by atoms with Gasteiger partial charge < -0.3 is 19.3 Å². The van der Waals surface area contributed by atoms with Crippen molar-refractivity contribution < 1.29 is 33.7 Å². The summed E-state index contributed by atoms with van der Waals surface area (Å²) >= 11 is 0. The summed E-state index contributed by atoms with van der Waals surface area (Å²) in [5.74, 6) is -1.88. The van der Waals surface area contributed by atoms with Crippen LogP contribution in [-0.2, 0) is 23.8 Å². The third-order valence-corrected chi connectivity index (χ3v) is 5.83. The Balaban J connectivity index is 1.94. The molecular weight excluding hydrogens is 414 g/mol. The van der Waals surface area contributed by atoms with Crippen LogP contribution in [0.4, 0.5) is 0 Å². The van der Waals surface area contributed by atoms with E-state index in [1.54, 1.807) is 6.07 Å². The summed E-state index contributed by atoms with van der Waals surface area (Å²) in [6.07, 6.45) is -0.137. The fourth-order valence-electron chi connectivity index (χ4n) is 3.89. The van der Waals surface area contributed by atoms with Gasteiger partial charge in [-0.15, -0.1) is 0 Å². The van der Waals surface area contributed by atoms with Crippen LogP contribution in [0.2, 0.25) is 0 Å². The van der Waals surface area contributed by atoms with Gasteiger partial charge in [0.15, 0.2) is 0 Å². The zero-order valence-electron chi connectivity index (χ0n) is 18.5. The van der Waals surface area contributed by atoms with Crippen molar-refractivity contribution >= 4 is 17.9 Å². The lowest BCUT2D eigenvalue weighted by molar-refractivity contribution is -0.205. The minimum absolute atomic E-state index is 0.0108. The largest absolute Gasteiger partial charge is 0.478 e. The second-order valence-corrected chi connectivity index (χ2v) is 8.05. The van der Waals surface area contributed by atoms with Crippen LogP contribution in [-0.4, -0.2) is 46.8 Å². The van der Waals surface area contributed by atoms with Gasteiger partial charge in [-0.2, -0.15) is 0 Å². The van der Waals surface area contributed by atoms with E-state index >= 15 is 0 Å². The molecule has 1 aliphatic heterocycles. The topological polar surface area (TPSA) is 112 Å². The van der Waals surface area contributed by atoms with E-state index in [9.17, 15) is 14.4 Å². The maximum absolute atomic E-state index is 11.8. The first kappa shape index (κ1) is 23.4. The summed E-state index contributed by atoms with van der Waals surface area (Å²) in [5, 5.41) is 9.08. The minimum Gasteiger partial charge on any atom is -0.478 e. The van der Waals surface area contributed by atoms with Gasteiger partial charge in [0.1, 0.15) is 18.8 Å². The maximum Gasteiger partial charge on any atom is 0.337 e. The Morgan fingerprint density at radius 3 is 2.41 bits per heavy atom. The fraction of sp³-hybridized carbons (Fsp3) is 0.417. The molecule has 1 aliphatic rings. The molecule has 0 aliphatic carbocycles. The Labute approximate surface area is 186 Å². The van der Waals surface area contributed by atoms with Gasteiger partial charge >= 0.3 is 17.9 Å². The molecule has 2 aromatic rings. The van der Waals surface area contributed by atoms with E-state index in [-0.39, 0.29) is 36.1 Å². The molecule has 2 heterocycles. The van der Waals surface area contributed by atoms with E-state index in [1.165, 1.54) is 26.1 Å². The first-order valence-electron chi connectivity index (χ1n) is 10.4. The SMILES string of the molecule is CC(=O)OC[C@H]1O[C@H](c2cccc(-c3ccc(C(=O)O)cn3)c2)[C@@H](OC(C)=O)[C@@H](C)[C@@H]1C. The molecule has 1 N–H and O–H groups in total. The molecule has 0 unspecified atom stereocenters. The van der Waals surface area contributed by atoms with Crippen molar-refractivity contribution in [3.63, 3.8) is 0 Å². The highest BCUT2D eigenvalue weighted by Gasteiger charge is 2.44. The lowest BCUT2D eigenvalue weighted by atomic mass is 9.79. The molecule has 8 nitrogen and oxygen atoms in total. The molecule has 1 aromatic heterocycles. The molecule has 0 radical (unpaired) electrons. The van der Waals surface area contributed by atoms with E-state index in [2.05, 4.69) is 4.98 Å². The van der Waals surface area contributed by atoms with Crippen LogP contribution in [0.25, 0.3) is 11.3 Å². The van der Waals surface area contributed by atoms with Gasteiger partial charge in [0.2, 0.25) is 0 Å². The quantitative estimate of drug-likeness (QED) is 0.676. The number of aromatic carboxylic acids is 1. The van der Waals surface area contributed by atoms with Crippen molar-refractivity contribution in [3.8, 4) is 11.3 Å². The number of rotatable bonds is 6. The molecule has 0 amide bonds. The molecule has 5 atom stereocenters. The summed E-state index contributed by atoms with van der Waals surface area (Å²) in [4.78, 5) is 38.5. The highest BCUT2D eigenvalue weighted by molar-refractivity contribution is 5.87. The molecule has 170 valence electrons. The number of carbonyl (C=O) groups is 3. The van der Waals surface area contributed by atoms with E-state index in [0.29, 0.717) is 5.69 Å². The number of ether oxygens (including phenoxy) is 3. The predicted molar refractivity (Wildman–Crippen MR) is 115 cm³/mol. The molecular formula is C24H27NO7. The second kappa shape index (κ2) is 9.91. The molecule has 0 spiro atoms. The first-order valence-corrected chi connectivity index (χ1v) is 10.4. The molecule has 0 bridgehead atoms. The van der Waals surface area contributed by atoms with Crippen molar-refractivity contribution in [1.82, 2.24) is 4.98 Å². The second-order valence-electron chi connectivity index (χ2n) is 8.05. The summed E-state index contributed by atoms with van der Waals surface area (Å²) in [6, 6.07) is 10.6. The number of carbonyl (C=O) groups excluding carboxylic acids is 2. The lowest BCUT2D eigenvalue weighted by Gasteiger charge is -2.44. The zero-order valence-corrected chi connectivity index (χ0v) is 18.5. The van der Waals surface area contributed by atoms with E-state index in [1.807, 2.05) is 38.1 Å². The average Bonchev–Trinajstić information content (AvgIpc) is 2.76. The van der Waals surface area contributed by atoms with Crippen molar-refractivity contribution in [3.05, 3.63) is 53.7 Å². The minimum atomic E-state index is -1.04. The molecule has 8 heteroatoms. The number of hydrogen-bond acceptors (Lipinski definition) is 7. The lowest BCUT2D eigenvalue weighted by Crippen LogP contribution is -2.48. The van der Waals surface area contributed by atoms with Gasteiger partial charge in [0.25, 0.3) is 0 Å². The maximum atomic E-state index is 11.8. The van der Waals surface area contributed by atoms with Crippen LogP contribution in [0.5, 0.6) is 0 Å². The Morgan fingerprint density at radius 1 is 1.06 bits per heavy atom. The van der Waals surface area contributed by atoms with Crippen molar-refractivity contribution in [2.45, 2.75) is 46.0 Å². The van der Waals surface area contributed by atoms with Crippen LogP contribution < -0.4 is 0 Å². The zero-order chi connectivity index (χ0) is 23.4. The number of carboxylic acids is 1. The number of aromatic nitrogens is 1. The van der Waals surface area contributed by atoms with Gasteiger partial charge in [0, 0.05) is 31.5 Å². The summed E-state index contributed by atoms with van der Waals surface area (Å²) in [7, 11) is 0. The van der Waals surface area contributed by atoms with Gasteiger partial charge in [-0.3, -0.25) is 14.6 Å². The Morgan fingerprint density at radius 2 is 1.81 bits per heavy atom. The normalized spacial score (nSPS) is 25.1. The Hall–Kier alpha value is -3.26. The Bertz CT molecular complexity index is 986. The van der Waals surface area contributed by atoms with Crippen molar-refractivity contribution in [2.24, 2.45) is 11.8 Å². The number of benzene rings is 1. The number of hydrogen-bond donors (Lipinski definition) is 1. The van der Waals surface area contributed by atoms with Crippen molar-refractivity contribution in [2.75, 3.05) is 6.61 Å². The number of carboxylic acid groups (broad SMARTS) is 1. The smallest absolute Gasteiger partial charge is 0.337 e.